The van der Waals surface area contributed by atoms with Gasteiger partial charge in [-0.2, -0.15) is 0 Å². The zero-order valence-electron chi connectivity index (χ0n) is 45.8. The summed E-state index contributed by atoms with van der Waals surface area (Å²) in [6, 6.07) is 21.1. The van der Waals surface area contributed by atoms with Crippen LogP contribution in [-0.4, -0.2) is 23.1 Å². The summed E-state index contributed by atoms with van der Waals surface area (Å²) in [5, 5.41) is 3.10. The number of hydrogen-bond donors (Lipinski definition) is 0. The van der Waals surface area contributed by atoms with Gasteiger partial charge in [0.1, 0.15) is 34.8 Å². The summed E-state index contributed by atoms with van der Waals surface area (Å²) in [6.45, 7) is 21.6. The molecule has 4 aliphatic carbocycles. The van der Waals surface area contributed by atoms with Crippen molar-refractivity contribution >= 4 is 92.7 Å². The average molecular weight is 1150 g/mol. The molecule has 0 amide bonds. The summed E-state index contributed by atoms with van der Waals surface area (Å²) >= 11 is 35.6. The molecule has 0 aromatic heterocycles. The van der Waals surface area contributed by atoms with Crippen LogP contribution in [0.4, 0.5) is 8.78 Å². The molecule has 0 spiro atoms. The van der Waals surface area contributed by atoms with Crippen LogP contribution in [0.15, 0.2) is 72.8 Å². The minimum atomic E-state index is -0.365. The Balaban J connectivity index is 0.000000185. The summed E-state index contributed by atoms with van der Waals surface area (Å²) < 4.78 is 28.1. The van der Waals surface area contributed by atoms with Crippen molar-refractivity contribution in [3.05, 3.63) is 137 Å². The van der Waals surface area contributed by atoms with Gasteiger partial charge in [-0.1, -0.05) is 196 Å². The van der Waals surface area contributed by atoms with Gasteiger partial charge in [0.05, 0.1) is 20.1 Å². The van der Waals surface area contributed by atoms with Crippen molar-refractivity contribution in [2.75, 3.05) is 0 Å². The van der Waals surface area contributed by atoms with Gasteiger partial charge in [0, 0.05) is 55.9 Å². The second-order valence-electron chi connectivity index (χ2n) is 24.7. The van der Waals surface area contributed by atoms with E-state index in [1.165, 1.54) is 12.1 Å². The third-order valence-corrected chi connectivity index (χ3v) is 17.6. The van der Waals surface area contributed by atoms with E-state index >= 15 is 0 Å². The van der Waals surface area contributed by atoms with Gasteiger partial charge in [0.25, 0.3) is 0 Å². The monoisotopic (exact) mass is 1150 g/mol. The zero-order chi connectivity index (χ0) is 55.9. The predicted octanol–water partition coefficient (Wildman–Crippen LogP) is 20.6. The highest BCUT2D eigenvalue weighted by Gasteiger charge is 2.42. The van der Waals surface area contributed by atoms with Gasteiger partial charge < -0.3 is 0 Å². The molecule has 0 radical (unpaired) electrons. The number of rotatable bonds is 9. The molecule has 75 heavy (non-hydrogen) atoms. The molecule has 0 N–H and O–H groups in total. The number of Topliss-reactive ketones (excluding diaryl/α,β-unsaturated/α-hetero) is 4. The highest BCUT2D eigenvalue weighted by Crippen LogP contribution is 2.48. The predicted molar refractivity (Wildman–Crippen MR) is 309 cm³/mol. The van der Waals surface area contributed by atoms with Gasteiger partial charge in [-0.3, -0.25) is 19.2 Å². The molecule has 12 heteroatoms. The van der Waals surface area contributed by atoms with Gasteiger partial charge in [-0.15, -0.1) is 0 Å². The molecule has 8 atom stereocenters. The van der Waals surface area contributed by atoms with Crippen molar-refractivity contribution in [2.24, 2.45) is 45.8 Å². The third-order valence-electron chi connectivity index (χ3n) is 15.7. The minimum absolute atomic E-state index is 0.00370. The fourth-order valence-corrected chi connectivity index (χ4v) is 12.8. The van der Waals surface area contributed by atoms with E-state index in [2.05, 4.69) is 0 Å². The number of halogens is 8. The first-order valence-electron chi connectivity index (χ1n) is 26.9. The molecule has 4 saturated carbocycles. The molecule has 4 nitrogen and oxygen atoms in total. The first kappa shape index (κ1) is 63.0. The van der Waals surface area contributed by atoms with Crippen molar-refractivity contribution < 1.29 is 28.0 Å². The van der Waals surface area contributed by atoms with E-state index in [0.717, 1.165) is 88.2 Å². The Bertz CT molecular complexity index is 2550. The fraction of sp³-hybridized carbons (Fsp3) is 0.556. The molecule has 0 heterocycles. The van der Waals surface area contributed by atoms with E-state index in [4.69, 9.17) is 69.6 Å². The van der Waals surface area contributed by atoms with E-state index in [-0.39, 0.29) is 80.9 Å². The maximum atomic E-state index is 14.0. The van der Waals surface area contributed by atoms with Crippen LogP contribution in [0.25, 0.3) is 0 Å². The number of hydrogen-bond acceptors (Lipinski definition) is 4. The molecule has 4 aliphatic rings. The van der Waals surface area contributed by atoms with Crippen molar-refractivity contribution in [3.63, 3.8) is 0 Å². The van der Waals surface area contributed by atoms with Crippen LogP contribution in [0.3, 0.4) is 0 Å². The van der Waals surface area contributed by atoms with Crippen molar-refractivity contribution in [3.8, 4) is 0 Å². The lowest BCUT2D eigenvalue weighted by atomic mass is 9.76. The Morgan fingerprint density at radius 1 is 0.413 bits per heavy atom. The molecular weight excluding hydrogens is 1070 g/mol. The minimum Gasteiger partial charge on any atom is -0.299 e. The van der Waals surface area contributed by atoms with E-state index in [1.54, 1.807) is 24.3 Å². The average Bonchev–Trinajstić information content (AvgIpc) is 4.18. The van der Waals surface area contributed by atoms with Crippen molar-refractivity contribution in [2.45, 2.75) is 177 Å². The highest BCUT2D eigenvalue weighted by molar-refractivity contribution is 6.42. The van der Waals surface area contributed by atoms with Crippen LogP contribution >= 0.6 is 69.6 Å². The maximum absolute atomic E-state index is 14.0. The van der Waals surface area contributed by atoms with Gasteiger partial charge in [-0.05, 0) is 146 Å². The first-order chi connectivity index (χ1) is 34.9. The maximum Gasteiger partial charge on any atom is 0.141 e. The summed E-state index contributed by atoms with van der Waals surface area (Å²) in [6.07, 6.45) is 11.8. The highest BCUT2D eigenvalue weighted by atomic mass is 35.5. The van der Waals surface area contributed by atoms with Crippen LogP contribution in [-0.2, 0) is 19.2 Å². The second-order valence-corrected chi connectivity index (χ2v) is 27.2. The van der Waals surface area contributed by atoms with E-state index in [9.17, 15) is 28.0 Å². The molecule has 4 aromatic rings. The Hall–Kier alpha value is -2.84. The van der Waals surface area contributed by atoms with Gasteiger partial charge >= 0.3 is 0 Å². The van der Waals surface area contributed by atoms with Crippen LogP contribution in [0, 0.1) is 57.5 Å². The molecule has 0 bridgehead atoms. The van der Waals surface area contributed by atoms with Crippen LogP contribution in [0.2, 0.25) is 30.1 Å². The SMILES string of the molecule is CC(C)(C)C(=O)[C@@H]1CCC[C@H]1c1ccc(Cl)c(Cl)c1.CC(C)(C)C(=O)[C@@H]1CCC[C@H]1c1ccc(Cl)cc1F.CC(C)(C)C(=O)[C@H]1CCC[C@@H]1c1ccc(Cl)cc1F.CC(C)C(=O)[C@H]1CCC[C@@H]1c1ccc(Cl)c(Cl)c1. The Kier molecular flexibility index (Phi) is 22.6. The Morgan fingerprint density at radius 2 is 0.720 bits per heavy atom. The number of ketones is 4. The van der Waals surface area contributed by atoms with Gasteiger partial charge in [0.15, 0.2) is 0 Å². The lowest BCUT2D eigenvalue weighted by Gasteiger charge is -2.26. The van der Waals surface area contributed by atoms with E-state index in [1.807, 2.05) is 113 Å². The lowest BCUT2D eigenvalue weighted by molar-refractivity contribution is -0.131. The fourth-order valence-electron chi connectivity index (χ4n) is 11.9. The quantitative estimate of drug-likeness (QED) is 0.167. The largest absolute Gasteiger partial charge is 0.299 e. The molecule has 0 unspecified atom stereocenters. The molecule has 4 fully saturated rings. The number of carbonyl (C=O) groups is 4. The lowest BCUT2D eigenvalue weighted by Crippen LogP contribution is -2.30. The number of benzene rings is 4. The molecular formula is C63H78Cl6F2O4. The normalized spacial score (nSPS) is 23.6. The van der Waals surface area contributed by atoms with Gasteiger partial charge in [0.2, 0.25) is 0 Å². The second kappa shape index (κ2) is 26.9. The molecule has 0 saturated heterocycles. The molecule has 410 valence electrons. The standard InChI is InChI=1S/C16H20Cl2O.2C16H20ClFO.C15H18Cl2O/c1-16(2,3)15(19)12-6-4-5-11(12)10-7-8-13(17)14(18)9-10;2*1-16(2,3)15(19)13-6-4-5-11(13)12-8-7-10(17)9-14(12)18;1-9(2)15(18)12-5-3-4-11(12)10-6-7-13(16)14(17)8-10/h7-9,11-12H,4-6H2,1-3H3;2*7-9,11,13H,4-6H2,1-3H3;6-9,11-12H,3-5H2,1-2H3/t11-,12+;2*11-,13+;11-,12+/m0101/s1. The zero-order valence-corrected chi connectivity index (χ0v) is 50.3. The first-order valence-corrected chi connectivity index (χ1v) is 29.2. The summed E-state index contributed by atoms with van der Waals surface area (Å²) in [7, 11) is 0. The smallest absolute Gasteiger partial charge is 0.141 e. The molecule has 8 rings (SSSR count). The topological polar surface area (TPSA) is 68.3 Å². The van der Waals surface area contributed by atoms with E-state index in [0.29, 0.717) is 64.7 Å². The van der Waals surface area contributed by atoms with Gasteiger partial charge in [-0.25, -0.2) is 8.78 Å². The Morgan fingerprint density at radius 3 is 1.03 bits per heavy atom. The molecule has 0 aliphatic heterocycles. The van der Waals surface area contributed by atoms with Crippen molar-refractivity contribution in [1.29, 1.82) is 0 Å². The van der Waals surface area contributed by atoms with E-state index < -0.39 is 0 Å². The van der Waals surface area contributed by atoms with Crippen LogP contribution in [0.1, 0.15) is 199 Å². The summed E-state index contributed by atoms with van der Waals surface area (Å²) in [5.41, 5.74) is 2.58. The summed E-state index contributed by atoms with van der Waals surface area (Å²) in [4.78, 5) is 49.7. The Labute approximate surface area is 477 Å². The third kappa shape index (κ3) is 16.6. The number of carbonyl (C=O) groups excluding carboxylic acids is 4. The van der Waals surface area contributed by atoms with Crippen molar-refractivity contribution in [1.82, 2.24) is 0 Å². The summed E-state index contributed by atoms with van der Waals surface area (Å²) in [5.74, 6) is 1.53. The van der Waals surface area contributed by atoms with Crippen LogP contribution in [0.5, 0.6) is 0 Å². The van der Waals surface area contributed by atoms with Crippen LogP contribution < -0.4 is 0 Å². The molecule has 4 aromatic carbocycles.